The third-order valence-electron chi connectivity index (χ3n) is 5.13. The molecule has 6 nitrogen and oxygen atoms in total. The van der Waals surface area contributed by atoms with Crippen molar-refractivity contribution in [2.45, 2.75) is 39.0 Å². The zero-order valence-corrected chi connectivity index (χ0v) is 16.4. The monoisotopic (exact) mass is 373 g/mol. The van der Waals surface area contributed by atoms with Crippen molar-refractivity contribution in [3.8, 4) is 0 Å². The van der Waals surface area contributed by atoms with E-state index in [0.717, 1.165) is 32.5 Å². The molecule has 1 aromatic carbocycles. The van der Waals surface area contributed by atoms with Gasteiger partial charge in [-0.3, -0.25) is 4.79 Å². The predicted molar refractivity (Wildman–Crippen MR) is 107 cm³/mol. The van der Waals surface area contributed by atoms with Crippen molar-refractivity contribution >= 4 is 16.8 Å². The van der Waals surface area contributed by atoms with Gasteiger partial charge >= 0.3 is 0 Å². The number of nitrogens with one attached hydrogen (secondary N) is 1. The van der Waals surface area contributed by atoms with E-state index in [9.17, 15) is 4.79 Å². The third-order valence-corrected chi connectivity index (χ3v) is 5.13. The zero-order chi connectivity index (χ0) is 19.1. The van der Waals surface area contributed by atoms with Gasteiger partial charge in [-0.05, 0) is 31.4 Å². The number of nitrogens with zero attached hydrogens (tertiary/aromatic N) is 2. The zero-order valence-electron chi connectivity index (χ0n) is 16.4. The average molecular weight is 373 g/mol. The largest absolute Gasteiger partial charge is 0.385 e. The lowest BCUT2D eigenvalue weighted by molar-refractivity contribution is -0.145. The summed E-state index contributed by atoms with van der Waals surface area (Å²) in [4.78, 5) is 14.8. The van der Waals surface area contributed by atoms with Gasteiger partial charge in [-0.25, -0.2) is 0 Å². The number of morpholine rings is 1. The topological polar surface area (TPSA) is 55.7 Å². The van der Waals surface area contributed by atoms with Crippen molar-refractivity contribution in [3.05, 3.63) is 36.0 Å². The normalized spacial score (nSPS) is 17.3. The summed E-state index contributed by atoms with van der Waals surface area (Å²) in [7, 11) is 1.74. The van der Waals surface area contributed by atoms with Gasteiger partial charge in [0.05, 0.1) is 6.61 Å². The Morgan fingerprint density at radius 3 is 2.96 bits per heavy atom. The van der Waals surface area contributed by atoms with Crippen molar-refractivity contribution in [1.29, 1.82) is 0 Å². The van der Waals surface area contributed by atoms with E-state index in [1.165, 1.54) is 16.5 Å². The molecule has 0 bridgehead atoms. The van der Waals surface area contributed by atoms with Crippen LogP contribution in [0.5, 0.6) is 0 Å². The van der Waals surface area contributed by atoms with Crippen LogP contribution >= 0.6 is 0 Å². The molecule has 1 saturated heterocycles. The highest BCUT2D eigenvalue weighted by molar-refractivity contribution is 5.85. The Hall–Kier alpha value is -1.89. The molecule has 1 N–H and O–H groups in total. The molecule has 1 amide bonds. The molecule has 148 valence electrons. The Morgan fingerprint density at radius 1 is 1.37 bits per heavy atom. The number of hydrogen-bond acceptors (Lipinski definition) is 4. The van der Waals surface area contributed by atoms with Crippen LogP contribution in [0.1, 0.15) is 25.3 Å². The summed E-state index contributed by atoms with van der Waals surface area (Å²) < 4.78 is 13.1. The average Bonchev–Trinajstić information content (AvgIpc) is 3.07. The van der Waals surface area contributed by atoms with Gasteiger partial charge in [0.1, 0.15) is 6.10 Å². The van der Waals surface area contributed by atoms with Crippen LogP contribution in [0.25, 0.3) is 10.9 Å². The van der Waals surface area contributed by atoms with Crippen molar-refractivity contribution in [1.82, 2.24) is 14.8 Å². The van der Waals surface area contributed by atoms with Gasteiger partial charge in [-0.1, -0.05) is 18.2 Å². The van der Waals surface area contributed by atoms with E-state index < -0.39 is 0 Å². The number of ether oxygens (including phenoxy) is 2. The fourth-order valence-electron chi connectivity index (χ4n) is 3.64. The first-order valence-electron chi connectivity index (χ1n) is 9.91. The predicted octanol–water partition coefficient (Wildman–Crippen LogP) is 2.40. The minimum atomic E-state index is -0.374. The Kier molecular flexibility index (Phi) is 7.26. The molecule has 0 spiro atoms. The molecule has 1 unspecified atom stereocenters. The smallest absolute Gasteiger partial charge is 0.253 e. The first-order chi connectivity index (χ1) is 13.2. The first-order valence-corrected chi connectivity index (χ1v) is 9.91. The Labute approximate surface area is 161 Å². The lowest BCUT2D eigenvalue weighted by Crippen LogP contribution is -2.49. The first kappa shape index (κ1) is 19.9. The van der Waals surface area contributed by atoms with Gasteiger partial charge in [0, 0.05) is 63.5 Å². The highest BCUT2D eigenvalue weighted by atomic mass is 16.5. The number of fused-ring (bicyclic) bond motifs is 1. The van der Waals surface area contributed by atoms with Crippen molar-refractivity contribution in [2.24, 2.45) is 0 Å². The molecule has 0 aliphatic carbocycles. The number of carbonyl (C=O) groups excluding carboxylic acids is 1. The number of unbranched alkanes of at least 4 members (excludes halogenated alkanes) is 1. The summed E-state index contributed by atoms with van der Waals surface area (Å²) in [6, 6.07) is 8.43. The summed E-state index contributed by atoms with van der Waals surface area (Å²) >= 11 is 0. The van der Waals surface area contributed by atoms with Gasteiger partial charge in [-0.2, -0.15) is 0 Å². The van der Waals surface area contributed by atoms with Gasteiger partial charge in [0.2, 0.25) is 0 Å². The van der Waals surface area contributed by atoms with Crippen LogP contribution in [-0.2, 0) is 27.4 Å². The molecular formula is C21H31N3O3. The molecule has 0 radical (unpaired) electrons. The maximum absolute atomic E-state index is 12.9. The molecule has 1 fully saturated rings. The molecular weight excluding hydrogens is 342 g/mol. The Balaban J connectivity index is 1.75. The molecule has 6 heteroatoms. The molecule has 1 aliphatic heterocycles. The van der Waals surface area contributed by atoms with E-state index in [4.69, 9.17) is 9.47 Å². The molecule has 2 aromatic rings. The summed E-state index contributed by atoms with van der Waals surface area (Å²) in [5.41, 5.74) is 2.42. The van der Waals surface area contributed by atoms with Crippen LogP contribution in [0.2, 0.25) is 0 Å². The van der Waals surface area contributed by atoms with Crippen LogP contribution in [0.4, 0.5) is 0 Å². The number of benzene rings is 1. The van der Waals surface area contributed by atoms with Gasteiger partial charge in [-0.15, -0.1) is 0 Å². The number of carbonyl (C=O) groups is 1. The molecule has 1 aromatic heterocycles. The molecule has 3 rings (SSSR count). The highest BCUT2D eigenvalue weighted by Crippen LogP contribution is 2.23. The van der Waals surface area contributed by atoms with E-state index in [1.807, 2.05) is 11.8 Å². The van der Waals surface area contributed by atoms with Gasteiger partial charge in [0.25, 0.3) is 5.91 Å². The van der Waals surface area contributed by atoms with E-state index in [2.05, 4.69) is 40.3 Å². The number of aryl methyl sites for hydroxylation is 1. The number of hydrogen-bond donors (Lipinski definition) is 1. The molecule has 2 heterocycles. The second kappa shape index (κ2) is 9.88. The van der Waals surface area contributed by atoms with Gasteiger partial charge in [0.15, 0.2) is 0 Å². The van der Waals surface area contributed by atoms with Gasteiger partial charge < -0.3 is 24.3 Å². The molecule has 1 aliphatic rings. The molecule has 1 atom stereocenters. The van der Waals surface area contributed by atoms with E-state index in [1.54, 1.807) is 7.11 Å². The number of para-hydroxylation sites is 1. The standard InChI is InChI=1S/C21H31N3O3/c1-3-23(21(25)20-14-22-10-13-27-20)15-17-16-24(11-6-7-12-26-2)19-9-5-4-8-18(17)19/h4-5,8-9,16,20,22H,3,6-7,10-15H2,1-2H3. The van der Waals surface area contributed by atoms with Crippen molar-refractivity contribution < 1.29 is 14.3 Å². The van der Waals surface area contributed by atoms with E-state index in [-0.39, 0.29) is 12.0 Å². The van der Waals surface area contributed by atoms with Crippen LogP contribution in [0.3, 0.4) is 0 Å². The Morgan fingerprint density at radius 2 is 2.22 bits per heavy atom. The number of aromatic nitrogens is 1. The number of likely N-dealkylation sites (N-methyl/N-ethyl adjacent to an activating group) is 1. The fourth-order valence-corrected chi connectivity index (χ4v) is 3.64. The summed E-state index contributed by atoms with van der Waals surface area (Å²) in [5.74, 6) is 0.0709. The maximum atomic E-state index is 12.9. The van der Waals surface area contributed by atoms with Crippen molar-refractivity contribution in [3.63, 3.8) is 0 Å². The van der Waals surface area contributed by atoms with E-state index in [0.29, 0.717) is 26.2 Å². The van der Waals surface area contributed by atoms with Crippen LogP contribution < -0.4 is 5.32 Å². The SMILES string of the molecule is CCN(Cc1cn(CCCCOC)c2ccccc12)C(=O)C1CNCCO1. The minimum absolute atomic E-state index is 0.0709. The maximum Gasteiger partial charge on any atom is 0.253 e. The third kappa shape index (κ3) is 4.89. The van der Waals surface area contributed by atoms with Crippen LogP contribution in [-0.4, -0.2) is 61.4 Å². The second-order valence-corrected chi connectivity index (χ2v) is 6.98. The van der Waals surface area contributed by atoms with Crippen molar-refractivity contribution in [2.75, 3.05) is 40.0 Å². The second-order valence-electron chi connectivity index (χ2n) is 6.98. The highest BCUT2D eigenvalue weighted by Gasteiger charge is 2.26. The number of methoxy groups -OCH3 is 1. The van der Waals surface area contributed by atoms with E-state index >= 15 is 0 Å². The summed E-state index contributed by atoms with van der Waals surface area (Å²) in [6.07, 6.45) is 3.95. The Bertz CT molecular complexity index is 737. The number of rotatable bonds is 9. The lowest BCUT2D eigenvalue weighted by Gasteiger charge is -2.29. The molecule has 0 saturated carbocycles. The molecule has 27 heavy (non-hydrogen) atoms. The van der Waals surface area contributed by atoms with Crippen LogP contribution in [0, 0.1) is 0 Å². The fraction of sp³-hybridized carbons (Fsp3) is 0.571. The summed E-state index contributed by atoms with van der Waals surface area (Å²) in [6.45, 7) is 7.06. The quantitative estimate of drug-likeness (QED) is 0.686. The lowest BCUT2D eigenvalue weighted by atomic mass is 10.1. The summed E-state index contributed by atoms with van der Waals surface area (Å²) in [5, 5.41) is 4.46. The number of amides is 1. The minimum Gasteiger partial charge on any atom is -0.385 e. The van der Waals surface area contributed by atoms with Crippen LogP contribution in [0.15, 0.2) is 30.5 Å².